The van der Waals surface area contributed by atoms with Gasteiger partial charge in [0.25, 0.3) is 0 Å². The molecule has 0 aromatic heterocycles. The van der Waals surface area contributed by atoms with E-state index in [0.29, 0.717) is 6.54 Å². The monoisotopic (exact) mass is 255 g/mol. The Morgan fingerprint density at radius 3 is 2.71 bits per heavy atom. The molecule has 1 aliphatic rings. The van der Waals surface area contributed by atoms with Crippen LogP contribution < -0.4 is 4.74 Å². The molecule has 0 amide bonds. The van der Waals surface area contributed by atoms with Gasteiger partial charge in [-0.25, -0.2) is 8.42 Å². The Kier molecular flexibility index (Phi) is 3.40. The van der Waals surface area contributed by atoms with Crippen LogP contribution in [0.5, 0.6) is 5.75 Å². The zero-order valence-corrected chi connectivity index (χ0v) is 10.9. The van der Waals surface area contributed by atoms with E-state index in [9.17, 15) is 8.42 Å². The van der Waals surface area contributed by atoms with E-state index in [4.69, 9.17) is 4.74 Å². The lowest BCUT2D eigenvalue weighted by Gasteiger charge is -2.23. The average Bonchev–Trinajstić information content (AvgIpc) is 2.77. The lowest BCUT2D eigenvalue weighted by atomic mass is 10.0. The van der Waals surface area contributed by atoms with Crippen molar-refractivity contribution in [2.24, 2.45) is 0 Å². The molecule has 0 aliphatic carbocycles. The molecule has 94 valence electrons. The SMILES string of the molecule is COc1ccccc1C1CCCN1S(C)(=O)=O. The van der Waals surface area contributed by atoms with Crippen LogP contribution in [0.2, 0.25) is 0 Å². The van der Waals surface area contributed by atoms with E-state index in [1.165, 1.54) is 6.26 Å². The highest BCUT2D eigenvalue weighted by Crippen LogP contribution is 2.38. The van der Waals surface area contributed by atoms with Gasteiger partial charge < -0.3 is 4.74 Å². The average molecular weight is 255 g/mol. The van der Waals surface area contributed by atoms with Gasteiger partial charge in [-0.2, -0.15) is 4.31 Å². The molecule has 0 saturated carbocycles. The van der Waals surface area contributed by atoms with Crippen molar-refractivity contribution in [3.05, 3.63) is 29.8 Å². The number of para-hydroxylation sites is 1. The maximum atomic E-state index is 11.7. The molecular weight excluding hydrogens is 238 g/mol. The van der Waals surface area contributed by atoms with Crippen LogP contribution in [0.25, 0.3) is 0 Å². The largest absolute Gasteiger partial charge is 0.496 e. The third-order valence-corrected chi connectivity index (χ3v) is 4.42. The standard InChI is InChI=1S/C12H17NO3S/c1-16-12-8-4-3-6-10(12)11-7-5-9-13(11)17(2,14)15/h3-4,6,8,11H,5,7,9H2,1-2H3. The highest BCUT2D eigenvalue weighted by atomic mass is 32.2. The van der Waals surface area contributed by atoms with Gasteiger partial charge in [0.05, 0.1) is 19.4 Å². The van der Waals surface area contributed by atoms with Crippen molar-refractivity contribution >= 4 is 10.0 Å². The number of nitrogens with zero attached hydrogens (tertiary/aromatic N) is 1. The Labute approximate surface area is 102 Å². The van der Waals surface area contributed by atoms with Crippen molar-refractivity contribution in [1.29, 1.82) is 0 Å². The van der Waals surface area contributed by atoms with Crippen molar-refractivity contribution in [2.45, 2.75) is 18.9 Å². The fourth-order valence-corrected chi connectivity index (χ4v) is 3.53. The first kappa shape index (κ1) is 12.4. The van der Waals surface area contributed by atoms with Gasteiger partial charge in [-0.1, -0.05) is 18.2 Å². The number of hydrogen-bond acceptors (Lipinski definition) is 3. The van der Waals surface area contributed by atoms with Gasteiger partial charge in [-0.15, -0.1) is 0 Å². The van der Waals surface area contributed by atoms with Crippen LogP contribution in [0.15, 0.2) is 24.3 Å². The molecule has 1 unspecified atom stereocenters. The molecule has 1 atom stereocenters. The minimum atomic E-state index is -3.15. The van der Waals surface area contributed by atoms with E-state index in [1.54, 1.807) is 11.4 Å². The summed E-state index contributed by atoms with van der Waals surface area (Å²) in [7, 11) is -1.54. The molecule has 17 heavy (non-hydrogen) atoms. The number of hydrogen-bond donors (Lipinski definition) is 0. The summed E-state index contributed by atoms with van der Waals surface area (Å²) in [6, 6.07) is 7.53. The topological polar surface area (TPSA) is 46.6 Å². The Bertz CT molecular complexity index is 498. The minimum absolute atomic E-state index is 0.0823. The van der Waals surface area contributed by atoms with E-state index >= 15 is 0 Å². The Morgan fingerprint density at radius 2 is 2.06 bits per heavy atom. The van der Waals surface area contributed by atoms with Gasteiger partial charge in [-0.3, -0.25) is 0 Å². The molecule has 1 aliphatic heterocycles. The first-order valence-corrected chi connectivity index (χ1v) is 7.48. The van der Waals surface area contributed by atoms with Crippen LogP contribution >= 0.6 is 0 Å². The predicted molar refractivity (Wildman–Crippen MR) is 66.5 cm³/mol. The second-order valence-electron chi connectivity index (χ2n) is 4.27. The van der Waals surface area contributed by atoms with E-state index in [1.807, 2.05) is 24.3 Å². The van der Waals surface area contributed by atoms with Crippen LogP contribution in [0.1, 0.15) is 24.4 Å². The maximum absolute atomic E-state index is 11.7. The lowest BCUT2D eigenvalue weighted by molar-refractivity contribution is 0.368. The van der Waals surface area contributed by atoms with Gasteiger partial charge in [0.15, 0.2) is 0 Å². The number of methoxy groups -OCH3 is 1. The Balaban J connectivity index is 2.39. The smallest absolute Gasteiger partial charge is 0.211 e. The van der Waals surface area contributed by atoms with Crippen molar-refractivity contribution in [3.8, 4) is 5.75 Å². The minimum Gasteiger partial charge on any atom is -0.496 e. The second-order valence-corrected chi connectivity index (χ2v) is 6.21. The molecule has 0 bridgehead atoms. The highest BCUT2D eigenvalue weighted by Gasteiger charge is 2.33. The van der Waals surface area contributed by atoms with Gasteiger partial charge >= 0.3 is 0 Å². The molecule has 5 heteroatoms. The second kappa shape index (κ2) is 4.66. The van der Waals surface area contributed by atoms with E-state index < -0.39 is 10.0 Å². The molecule has 0 N–H and O–H groups in total. The zero-order valence-electron chi connectivity index (χ0n) is 10.1. The molecular formula is C12H17NO3S. The van der Waals surface area contributed by atoms with Gasteiger partial charge in [0.2, 0.25) is 10.0 Å². The number of benzene rings is 1. The normalized spacial score (nSPS) is 21.6. The van der Waals surface area contributed by atoms with E-state index in [2.05, 4.69) is 0 Å². The number of ether oxygens (including phenoxy) is 1. The van der Waals surface area contributed by atoms with Crippen molar-refractivity contribution in [2.75, 3.05) is 19.9 Å². The summed E-state index contributed by atoms with van der Waals surface area (Å²) >= 11 is 0. The van der Waals surface area contributed by atoms with Crippen LogP contribution in [0.3, 0.4) is 0 Å². The van der Waals surface area contributed by atoms with Crippen LogP contribution in [-0.2, 0) is 10.0 Å². The number of sulfonamides is 1. The van der Waals surface area contributed by atoms with E-state index in [-0.39, 0.29) is 6.04 Å². The summed E-state index contributed by atoms with van der Waals surface area (Å²) in [5.41, 5.74) is 0.956. The van der Waals surface area contributed by atoms with Gasteiger partial charge in [0, 0.05) is 12.1 Å². The molecule has 1 heterocycles. The zero-order chi connectivity index (χ0) is 12.5. The van der Waals surface area contributed by atoms with Crippen molar-refractivity contribution in [1.82, 2.24) is 4.31 Å². The summed E-state index contributed by atoms with van der Waals surface area (Å²) in [5, 5.41) is 0. The molecule has 2 rings (SSSR count). The van der Waals surface area contributed by atoms with Crippen LogP contribution in [0.4, 0.5) is 0 Å². The molecule has 4 nitrogen and oxygen atoms in total. The van der Waals surface area contributed by atoms with Gasteiger partial charge in [0.1, 0.15) is 5.75 Å². The Morgan fingerprint density at radius 1 is 1.35 bits per heavy atom. The first-order chi connectivity index (χ1) is 8.04. The van der Waals surface area contributed by atoms with Crippen LogP contribution in [-0.4, -0.2) is 32.6 Å². The Hall–Kier alpha value is -1.07. The maximum Gasteiger partial charge on any atom is 0.211 e. The number of rotatable bonds is 3. The molecule has 0 spiro atoms. The van der Waals surface area contributed by atoms with Crippen LogP contribution in [0, 0.1) is 0 Å². The molecule has 0 radical (unpaired) electrons. The molecule has 1 aromatic rings. The fourth-order valence-electron chi connectivity index (χ4n) is 2.39. The quantitative estimate of drug-likeness (QED) is 0.827. The summed E-state index contributed by atoms with van der Waals surface area (Å²) in [6.45, 7) is 0.599. The summed E-state index contributed by atoms with van der Waals surface area (Å²) in [6.07, 6.45) is 3.02. The highest BCUT2D eigenvalue weighted by molar-refractivity contribution is 7.88. The van der Waals surface area contributed by atoms with Crippen molar-refractivity contribution < 1.29 is 13.2 Å². The molecule has 1 aromatic carbocycles. The summed E-state index contributed by atoms with van der Waals surface area (Å²) < 4.78 is 30.3. The summed E-state index contributed by atoms with van der Waals surface area (Å²) in [5.74, 6) is 0.757. The van der Waals surface area contributed by atoms with E-state index in [0.717, 1.165) is 24.2 Å². The van der Waals surface area contributed by atoms with Crippen molar-refractivity contribution in [3.63, 3.8) is 0 Å². The fraction of sp³-hybridized carbons (Fsp3) is 0.500. The third-order valence-electron chi connectivity index (χ3n) is 3.13. The first-order valence-electron chi connectivity index (χ1n) is 5.64. The predicted octanol–water partition coefficient (Wildman–Crippen LogP) is 1.79. The molecule has 1 fully saturated rings. The molecule has 1 saturated heterocycles. The summed E-state index contributed by atoms with van der Waals surface area (Å²) in [4.78, 5) is 0. The third kappa shape index (κ3) is 2.45. The lowest BCUT2D eigenvalue weighted by Crippen LogP contribution is -2.29. The van der Waals surface area contributed by atoms with Gasteiger partial charge in [-0.05, 0) is 18.9 Å².